The second-order valence-electron chi connectivity index (χ2n) is 5.95. The van der Waals surface area contributed by atoms with Gasteiger partial charge in [0.25, 0.3) is 5.91 Å². The zero-order valence-corrected chi connectivity index (χ0v) is 14.6. The van der Waals surface area contributed by atoms with E-state index in [0.29, 0.717) is 30.4 Å². The SMILES string of the molecule is CC(c1nc(-c2cccs2)no1)N1CCN(C(=O)c2ccoc2)CC1. The fourth-order valence-electron chi connectivity index (χ4n) is 2.95. The Morgan fingerprint density at radius 2 is 2.12 bits per heavy atom. The third-order valence-electron chi connectivity index (χ3n) is 4.46. The molecule has 4 heterocycles. The zero-order valence-electron chi connectivity index (χ0n) is 13.8. The van der Waals surface area contributed by atoms with Gasteiger partial charge in [-0.1, -0.05) is 11.2 Å². The number of aromatic nitrogens is 2. The molecule has 0 N–H and O–H groups in total. The van der Waals surface area contributed by atoms with Crippen LogP contribution in [0.25, 0.3) is 10.7 Å². The number of piperazine rings is 1. The summed E-state index contributed by atoms with van der Waals surface area (Å²) >= 11 is 1.59. The van der Waals surface area contributed by atoms with E-state index < -0.39 is 0 Å². The summed E-state index contributed by atoms with van der Waals surface area (Å²) in [5, 5.41) is 6.07. The van der Waals surface area contributed by atoms with E-state index in [0.717, 1.165) is 18.0 Å². The van der Waals surface area contributed by atoms with Crippen molar-refractivity contribution < 1.29 is 13.7 Å². The van der Waals surface area contributed by atoms with Gasteiger partial charge in [-0.25, -0.2) is 0 Å². The predicted molar refractivity (Wildman–Crippen MR) is 92.2 cm³/mol. The molecule has 7 nitrogen and oxygen atoms in total. The predicted octanol–water partition coefficient (Wildman–Crippen LogP) is 2.91. The number of nitrogens with zero attached hydrogens (tertiary/aromatic N) is 4. The maximum absolute atomic E-state index is 12.3. The Hall–Kier alpha value is -2.45. The van der Waals surface area contributed by atoms with Crippen LogP contribution in [-0.2, 0) is 0 Å². The fraction of sp³-hybridized carbons (Fsp3) is 0.353. The molecule has 1 aliphatic heterocycles. The molecule has 1 atom stereocenters. The van der Waals surface area contributed by atoms with Gasteiger partial charge in [-0.3, -0.25) is 9.69 Å². The first-order valence-electron chi connectivity index (χ1n) is 8.15. The third-order valence-corrected chi connectivity index (χ3v) is 5.32. The Bertz CT molecular complexity index is 820. The number of rotatable bonds is 4. The normalized spacial score (nSPS) is 16.9. The molecule has 3 aromatic heterocycles. The first-order chi connectivity index (χ1) is 12.2. The number of carbonyl (C=O) groups is 1. The minimum Gasteiger partial charge on any atom is -0.472 e. The molecule has 130 valence electrons. The van der Waals surface area contributed by atoms with Crippen molar-refractivity contribution in [2.45, 2.75) is 13.0 Å². The van der Waals surface area contributed by atoms with Crippen molar-refractivity contribution in [1.82, 2.24) is 19.9 Å². The number of amides is 1. The number of furan rings is 1. The van der Waals surface area contributed by atoms with E-state index in [2.05, 4.69) is 22.0 Å². The number of thiophene rings is 1. The lowest BCUT2D eigenvalue weighted by molar-refractivity contribution is 0.0551. The van der Waals surface area contributed by atoms with Gasteiger partial charge in [-0.15, -0.1) is 11.3 Å². The minimum absolute atomic E-state index is 0.0128. The van der Waals surface area contributed by atoms with Crippen LogP contribution in [0.5, 0.6) is 0 Å². The second-order valence-corrected chi connectivity index (χ2v) is 6.90. The summed E-state index contributed by atoms with van der Waals surface area (Å²) in [6.45, 7) is 4.92. The molecule has 0 saturated carbocycles. The summed E-state index contributed by atoms with van der Waals surface area (Å²) in [6, 6.07) is 5.66. The van der Waals surface area contributed by atoms with Crippen LogP contribution in [0.4, 0.5) is 0 Å². The van der Waals surface area contributed by atoms with Gasteiger partial charge in [0, 0.05) is 26.2 Å². The summed E-state index contributed by atoms with van der Waals surface area (Å²) in [5.74, 6) is 1.25. The standard InChI is InChI=1S/C17H18N4O3S/c1-12(16-18-15(19-24-16)14-3-2-10-25-14)20-5-7-21(8-6-20)17(22)13-4-9-23-11-13/h2-4,9-12H,5-8H2,1H3. The first-order valence-corrected chi connectivity index (χ1v) is 9.03. The molecule has 8 heteroatoms. The summed E-state index contributed by atoms with van der Waals surface area (Å²) in [4.78, 5) is 22.0. The zero-order chi connectivity index (χ0) is 17.2. The molecule has 1 aliphatic rings. The van der Waals surface area contributed by atoms with E-state index in [1.807, 2.05) is 22.4 Å². The van der Waals surface area contributed by atoms with Crippen LogP contribution in [0.3, 0.4) is 0 Å². The van der Waals surface area contributed by atoms with Crippen molar-refractivity contribution in [3.05, 3.63) is 47.6 Å². The van der Waals surface area contributed by atoms with Crippen LogP contribution in [-0.4, -0.2) is 52.0 Å². The van der Waals surface area contributed by atoms with Gasteiger partial charge < -0.3 is 13.8 Å². The number of hydrogen-bond acceptors (Lipinski definition) is 7. The molecular weight excluding hydrogens is 340 g/mol. The van der Waals surface area contributed by atoms with Crippen molar-refractivity contribution in [3.8, 4) is 10.7 Å². The van der Waals surface area contributed by atoms with Crippen molar-refractivity contribution in [2.75, 3.05) is 26.2 Å². The molecule has 0 spiro atoms. The highest BCUT2D eigenvalue weighted by Crippen LogP contribution is 2.26. The minimum atomic E-state index is 0.0128. The van der Waals surface area contributed by atoms with Crippen LogP contribution < -0.4 is 0 Å². The Labute approximate surface area is 148 Å². The molecule has 3 aromatic rings. The Kier molecular flexibility index (Phi) is 4.37. The van der Waals surface area contributed by atoms with Crippen LogP contribution in [0.15, 0.2) is 45.0 Å². The smallest absolute Gasteiger partial charge is 0.257 e. The Morgan fingerprint density at radius 1 is 1.28 bits per heavy atom. The highest BCUT2D eigenvalue weighted by atomic mass is 32.1. The highest BCUT2D eigenvalue weighted by molar-refractivity contribution is 7.13. The monoisotopic (exact) mass is 358 g/mol. The topological polar surface area (TPSA) is 75.6 Å². The molecule has 0 radical (unpaired) electrons. The Balaban J connectivity index is 1.38. The van der Waals surface area contributed by atoms with E-state index in [-0.39, 0.29) is 11.9 Å². The van der Waals surface area contributed by atoms with Gasteiger partial charge in [-0.05, 0) is 24.4 Å². The maximum Gasteiger partial charge on any atom is 0.257 e. The van der Waals surface area contributed by atoms with Crippen molar-refractivity contribution in [2.24, 2.45) is 0 Å². The lowest BCUT2D eigenvalue weighted by Gasteiger charge is -2.36. The largest absolute Gasteiger partial charge is 0.472 e. The molecule has 1 unspecified atom stereocenters. The van der Waals surface area contributed by atoms with Crippen molar-refractivity contribution in [3.63, 3.8) is 0 Å². The van der Waals surface area contributed by atoms with E-state index in [9.17, 15) is 4.79 Å². The molecular formula is C17H18N4O3S. The summed E-state index contributed by atoms with van der Waals surface area (Å²) in [7, 11) is 0. The van der Waals surface area contributed by atoms with Gasteiger partial charge in [0.1, 0.15) is 6.26 Å². The van der Waals surface area contributed by atoms with Crippen LogP contribution in [0.2, 0.25) is 0 Å². The molecule has 1 saturated heterocycles. The highest BCUT2D eigenvalue weighted by Gasteiger charge is 2.28. The van der Waals surface area contributed by atoms with Gasteiger partial charge in [0.2, 0.25) is 11.7 Å². The second kappa shape index (κ2) is 6.81. The summed E-state index contributed by atoms with van der Waals surface area (Å²) in [5.41, 5.74) is 0.596. The summed E-state index contributed by atoms with van der Waals surface area (Å²) in [6.07, 6.45) is 3.01. The van der Waals surface area contributed by atoms with Crippen LogP contribution in [0, 0.1) is 0 Å². The van der Waals surface area contributed by atoms with E-state index in [1.165, 1.54) is 12.5 Å². The lowest BCUT2D eigenvalue weighted by atomic mass is 10.2. The van der Waals surface area contributed by atoms with E-state index in [1.54, 1.807) is 17.4 Å². The number of hydrogen-bond donors (Lipinski definition) is 0. The Morgan fingerprint density at radius 3 is 2.80 bits per heavy atom. The number of carbonyl (C=O) groups excluding carboxylic acids is 1. The molecule has 25 heavy (non-hydrogen) atoms. The van der Waals surface area contributed by atoms with Crippen LogP contribution in [0.1, 0.15) is 29.2 Å². The summed E-state index contributed by atoms with van der Waals surface area (Å²) < 4.78 is 10.4. The quantitative estimate of drug-likeness (QED) is 0.714. The van der Waals surface area contributed by atoms with Gasteiger partial charge in [0.05, 0.1) is 22.7 Å². The molecule has 1 amide bonds. The van der Waals surface area contributed by atoms with Gasteiger partial charge in [-0.2, -0.15) is 4.98 Å². The van der Waals surface area contributed by atoms with Gasteiger partial charge in [0.15, 0.2) is 0 Å². The first kappa shape index (κ1) is 16.0. The average Bonchev–Trinajstić information content (AvgIpc) is 3.42. The lowest BCUT2D eigenvalue weighted by Crippen LogP contribution is -2.49. The van der Waals surface area contributed by atoms with Gasteiger partial charge >= 0.3 is 0 Å². The maximum atomic E-state index is 12.3. The molecule has 0 aliphatic carbocycles. The average molecular weight is 358 g/mol. The molecule has 0 bridgehead atoms. The van der Waals surface area contributed by atoms with Crippen molar-refractivity contribution >= 4 is 17.2 Å². The third kappa shape index (κ3) is 3.22. The fourth-order valence-corrected chi connectivity index (χ4v) is 3.60. The van der Waals surface area contributed by atoms with E-state index >= 15 is 0 Å². The molecule has 4 rings (SSSR count). The molecule has 0 aromatic carbocycles. The molecule has 1 fully saturated rings. The van der Waals surface area contributed by atoms with E-state index in [4.69, 9.17) is 8.94 Å². The van der Waals surface area contributed by atoms with Crippen LogP contribution >= 0.6 is 11.3 Å². The van der Waals surface area contributed by atoms with Crippen molar-refractivity contribution in [1.29, 1.82) is 0 Å².